The van der Waals surface area contributed by atoms with Gasteiger partial charge in [0.05, 0.1) is 11.3 Å². The number of fused-ring (bicyclic) bond motifs is 1. The Bertz CT molecular complexity index is 1350. The number of aryl methyl sites for hydroxylation is 1. The molecule has 2 heterocycles. The molecule has 2 aromatic carbocycles. The molecule has 0 radical (unpaired) electrons. The fourth-order valence-corrected chi connectivity index (χ4v) is 3.81. The number of rotatable bonds is 5. The van der Waals surface area contributed by atoms with Gasteiger partial charge in [0.2, 0.25) is 0 Å². The number of ether oxygens (including phenoxy) is 1. The summed E-state index contributed by atoms with van der Waals surface area (Å²) in [7, 11) is 0. The van der Waals surface area contributed by atoms with Crippen LogP contribution in [0.4, 0.5) is 10.1 Å². The molecule has 4 aromatic rings. The molecule has 31 heavy (non-hydrogen) atoms. The number of hydrogen-bond acceptors (Lipinski definition) is 6. The fourth-order valence-electron chi connectivity index (χ4n) is 2.92. The van der Waals surface area contributed by atoms with Gasteiger partial charge in [-0.3, -0.25) is 14.0 Å². The standard InChI is InChI=1S/C22H16FN3O4S/c1-13-12-31-22-25-18(10-19(27)26(13)22)11-30-21(29)14-5-7-17(8-6-14)24-20(28)15-3-2-4-16(23)9-15/h2-10,12H,11H2,1H3,(H,24,28). The van der Waals surface area contributed by atoms with Gasteiger partial charge in [-0.1, -0.05) is 6.07 Å². The summed E-state index contributed by atoms with van der Waals surface area (Å²) in [6, 6.07) is 12.7. The van der Waals surface area contributed by atoms with E-state index < -0.39 is 17.7 Å². The van der Waals surface area contributed by atoms with Crippen LogP contribution in [0.15, 0.2) is 64.8 Å². The van der Waals surface area contributed by atoms with E-state index in [1.54, 1.807) is 12.1 Å². The maximum atomic E-state index is 13.2. The molecule has 156 valence electrons. The number of hydrogen-bond donors (Lipinski definition) is 1. The number of nitrogens with one attached hydrogen (secondary N) is 1. The summed E-state index contributed by atoms with van der Waals surface area (Å²) in [6.45, 7) is 1.68. The Morgan fingerprint density at radius 3 is 2.65 bits per heavy atom. The quantitative estimate of drug-likeness (QED) is 0.480. The van der Waals surface area contributed by atoms with Crippen molar-refractivity contribution in [3.8, 4) is 0 Å². The molecular weight excluding hydrogens is 421 g/mol. The summed E-state index contributed by atoms with van der Waals surface area (Å²) >= 11 is 1.33. The number of esters is 1. The number of aromatic nitrogens is 2. The molecule has 0 saturated carbocycles. The van der Waals surface area contributed by atoms with Crippen LogP contribution in [0.3, 0.4) is 0 Å². The van der Waals surface area contributed by atoms with Crippen molar-refractivity contribution in [1.29, 1.82) is 0 Å². The van der Waals surface area contributed by atoms with Gasteiger partial charge < -0.3 is 10.1 Å². The third-order valence-corrected chi connectivity index (χ3v) is 5.39. The zero-order valence-electron chi connectivity index (χ0n) is 16.3. The van der Waals surface area contributed by atoms with E-state index in [1.165, 1.54) is 52.1 Å². The van der Waals surface area contributed by atoms with E-state index in [-0.39, 0.29) is 23.3 Å². The van der Waals surface area contributed by atoms with Crippen molar-refractivity contribution in [1.82, 2.24) is 9.38 Å². The molecule has 0 bridgehead atoms. The molecule has 7 nitrogen and oxygen atoms in total. The van der Waals surface area contributed by atoms with E-state index >= 15 is 0 Å². The number of thiazole rings is 1. The second kappa shape index (κ2) is 8.49. The van der Waals surface area contributed by atoms with Crippen LogP contribution in [-0.4, -0.2) is 21.3 Å². The molecule has 0 unspecified atom stereocenters. The molecule has 1 N–H and O–H groups in total. The van der Waals surface area contributed by atoms with Gasteiger partial charge in [-0.25, -0.2) is 14.2 Å². The minimum absolute atomic E-state index is 0.139. The topological polar surface area (TPSA) is 89.8 Å². The van der Waals surface area contributed by atoms with Crippen LogP contribution in [0.25, 0.3) is 4.96 Å². The average Bonchev–Trinajstić information content (AvgIpc) is 3.13. The van der Waals surface area contributed by atoms with Crippen LogP contribution in [0.5, 0.6) is 0 Å². The highest BCUT2D eigenvalue weighted by Crippen LogP contribution is 2.15. The Labute approximate surface area is 179 Å². The molecule has 4 rings (SSSR count). The van der Waals surface area contributed by atoms with Gasteiger partial charge in [-0.15, -0.1) is 11.3 Å². The second-order valence-corrected chi connectivity index (χ2v) is 7.54. The van der Waals surface area contributed by atoms with E-state index in [9.17, 15) is 18.8 Å². The second-order valence-electron chi connectivity index (χ2n) is 6.70. The minimum atomic E-state index is -0.590. The first-order valence-electron chi connectivity index (χ1n) is 9.21. The van der Waals surface area contributed by atoms with Gasteiger partial charge in [-0.05, 0) is 49.4 Å². The lowest BCUT2D eigenvalue weighted by molar-refractivity contribution is 0.0467. The van der Waals surface area contributed by atoms with E-state index in [0.29, 0.717) is 16.3 Å². The smallest absolute Gasteiger partial charge is 0.338 e. The van der Waals surface area contributed by atoms with E-state index in [2.05, 4.69) is 10.3 Å². The zero-order chi connectivity index (χ0) is 22.0. The van der Waals surface area contributed by atoms with Gasteiger partial charge in [-0.2, -0.15) is 0 Å². The molecule has 0 atom stereocenters. The number of carbonyl (C=O) groups is 2. The lowest BCUT2D eigenvalue weighted by Crippen LogP contribution is -2.16. The first-order valence-corrected chi connectivity index (χ1v) is 10.1. The maximum absolute atomic E-state index is 13.2. The zero-order valence-corrected chi connectivity index (χ0v) is 17.1. The Morgan fingerprint density at radius 1 is 1.13 bits per heavy atom. The van der Waals surface area contributed by atoms with Crippen LogP contribution >= 0.6 is 11.3 Å². The number of anilines is 1. The Morgan fingerprint density at radius 2 is 1.90 bits per heavy atom. The lowest BCUT2D eigenvalue weighted by atomic mass is 10.2. The molecule has 0 aliphatic carbocycles. The minimum Gasteiger partial charge on any atom is -0.456 e. The average molecular weight is 437 g/mol. The van der Waals surface area contributed by atoms with Gasteiger partial charge in [0.15, 0.2) is 4.96 Å². The van der Waals surface area contributed by atoms with Gasteiger partial charge in [0.25, 0.3) is 11.5 Å². The number of benzene rings is 2. The maximum Gasteiger partial charge on any atom is 0.338 e. The highest BCUT2D eigenvalue weighted by atomic mass is 32.1. The van der Waals surface area contributed by atoms with Crippen molar-refractivity contribution in [3.63, 3.8) is 0 Å². The number of amides is 1. The first kappa shape index (κ1) is 20.4. The summed E-state index contributed by atoms with van der Waals surface area (Å²) in [5.41, 5.74) is 1.83. The van der Waals surface area contributed by atoms with Gasteiger partial charge in [0, 0.05) is 28.4 Å². The predicted molar refractivity (Wildman–Crippen MR) is 114 cm³/mol. The summed E-state index contributed by atoms with van der Waals surface area (Å²) in [4.78, 5) is 41.5. The molecule has 2 aromatic heterocycles. The largest absolute Gasteiger partial charge is 0.456 e. The van der Waals surface area contributed by atoms with Crippen molar-refractivity contribution >= 4 is 33.9 Å². The Hall–Kier alpha value is -3.85. The molecule has 9 heteroatoms. The van der Waals surface area contributed by atoms with Crippen molar-refractivity contribution in [2.24, 2.45) is 0 Å². The Kier molecular flexibility index (Phi) is 5.59. The highest BCUT2D eigenvalue weighted by Gasteiger charge is 2.12. The number of carbonyl (C=O) groups excluding carboxylic acids is 2. The van der Waals surface area contributed by atoms with Crippen molar-refractivity contribution in [2.75, 3.05) is 5.32 Å². The van der Waals surface area contributed by atoms with Crippen molar-refractivity contribution < 1.29 is 18.7 Å². The monoisotopic (exact) mass is 437 g/mol. The van der Waals surface area contributed by atoms with Crippen LogP contribution < -0.4 is 10.9 Å². The molecule has 1 amide bonds. The Balaban J connectivity index is 1.39. The summed E-state index contributed by atoms with van der Waals surface area (Å²) in [6.07, 6.45) is 0. The molecule has 0 aliphatic heterocycles. The first-order chi connectivity index (χ1) is 14.9. The number of halogens is 1. The van der Waals surface area contributed by atoms with Crippen LogP contribution in [0, 0.1) is 12.7 Å². The van der Waals surface area contributed by atoms with E-state index in [1.807, 2.05) is 12.3 Å². The molecule has 0 saturated heterocycles. The van der Waals surface area contributed by atoms with Crippen LogP contribution in [-0.2, 0) is 11.3 Å². The SMILES string of the molecule is Cc1csc2nc(COC(=O)c3ccc(NC(=O)c4cccc(F)c4)cc3)cc(=O)n12. The van der Waals surface area contributed by atoms with E-state index in [0.717, 1.165) is 11.8 Å². The molecular formula is C22H16FN3O4S. The molecule has 0 aliphatic rings. The summed E-state index contributed by atoms with van der Waals surface area (Å²) in [5.74, 6) is -1.56. The van der Waals surface area contributed by atoms with Crippen molar-refractivity contribution in [2.45, 2.75) is 13.5 Å². The normalized spacial score (nSPS) is 10.8. The third kappa shape index (κ3) is 4.51. The fraction of sp³-hybridized carbons (Fsp3) is 0.0909. The highest BCUT2D eigenvalue weighted by molar-refractivity contribution is 7.15. The summed E-state index contributed by atoms with van der Waals surface area (Å²) < 4.78 is 20.0. The summed E-state index contributed by atoms with van der Waals surface area (Å²) in [5, 5.41) is 4.46. The van der Waals surface area contributed by atoms with Crippen molar-refractivity contribution in [3.05, 3.63) is 98.7 Å². The third-order valence-electron chi connectivity index (χ3n) is 4.45. The van der Waals surface area contributed by atoms with Gasteiger partial charge in [0.1, 0.15) is 12.4 Å². The molecule has 0 spiro atoms. The predicted octanol–water partition coefficient (Wildman–Crippen LogP) is 3.81. The molecule has 0 fully saturated rings. The van der Waals surface area contributed by atoms with E-state index in [4.69, 9.17) is 4.74 Å². The van der Waals surface area contributed by atoms with Gasteiger partial charge >= 0.3 is 5.97 Å². The van der Waals surface area contributed by atoms with Crippen LogP contribution in [0.2, 0.25) is 0 Å². The van der Waals surface area contributed by atoms with Crippen LogP contribution in [0.1, 0.15) is 32.1 Å². The lowest BCUT2D eigenvalue weighted by Gasteiger charge is -2.07. The number of nitrogens with zero attached hydrogens (tertiary/aromatic N) is 2.